The van der Waals surface area contributed by atoms with Gasteiger partial charge < -0.3 is 4.74 Å². The molecule has 64 valence electrons. The van der Waals surface area contributed by atoms with Gasteiger partial charge in [-0.1, -0.05) is 6.08 Å². The largest absolute Gasteiger partial charge is 0.466 e. The molecule has 0 aliphatic heterocycles. The van der Waals surface area contributed by atoms with Crippen LogP contribution in [0, 0.1) is 0 Å². The van der Waals surface area contributed by atoms with Crippen LogP contribution in [-0.2, 0) is 9.53 Å². The zero-order valence-electron chi connectivity index (χ0n) is 6.27. The molecule has 0 bridgehead atoms. The van der Waals surface area contributed by atoms with Crippen molar-refractivity contribution in [1.82, 2.24) is 0 Å². The first-order valence-corrected chi connectivity index (χ1v) is 4.86. The molecule has 0 aromatic heterocycles. The minimum Gasteiger partial charge on any atom is -0.466 e. The SMILES string of the molecule is CC(=O)OCCCC=C(Br)Br. The zero-order chi connectivity index (χ0) is 8.69. The van der Waals surface area contributed by atoms with E-state index in [1.165, 1.54) is 6.92 Å². The molecule has 0 unspecified atom stereocenters. The molecule has 0 heterocycles. The van der Waals surface area contributed by atoms with E-state index in [0.29, 0.717) is 6.61 Å². The van der Waals surface area contributed by atoms with Crippen molar-refractivity contribution in [3.05, 3.63) is 9.47 Å². The molecule has 0 spiro atoms. The highest BCUT2D eigenvalue weighted by Gasteiger charge is 1.90. The third-order valence-corrected chi connectivity index (χ3v) is 1.60. The number of allylic oxidation sites excluding steroid dienone is 1. The van der Waals surface area contributed by atoms with Crippen molar-refractivity contribution in [2.24, 2.45) is 0 Å². The first kappa shape index (κ1) is 11.2. The predicted octanol–water partition coefficient (Wildman–Crippen LogP) is 2.96. The van der Waals surface area contributed by atoms with Crippen molar-refractivity contribution in [1.29, 1.82) is 0 Å². The highest BCUT2D eigenvalue weighted by Crippen LogP contribution is 2.13. The van der Waals surface area contributed by atoms with Gasteiger partial charge in [0.1, 0.15) is 0 Å². The Bertz CT molecular complexity index is 151. The molecular formula is C7H10Br2O2. The summed E-state index contributed by atoms with van der Waals surface area (Å²) < 4.78 is 5.66. The molecule has 0 saturated heterocycles. The second-order valence-corrected chi connectivity index (χ2v) is 4.75. The number of rotatable bonds is 4. The van der Waals surface area contributed by atoms with Crippen molar-refractivity contribution < 1.29 is 9.53 Å². The maximum atomic E-state index is 10.3. The Kier molecular flexibility index (Phi) is 6.96. The van der Waals surface area contributed by atoms with Crippen LogP contribution in [0.15, 0.2) is 9.47 Å². The van der Waals surface area contributed by atoms with Gasteiger partial charge in [-0.25, -0.2) is 0 Å². The summed E-state index contributed by atoms with van der Waals surface area (Å²) in [7, 11) is 0. The van der Waals surface area contributed by atoms with Gasteiger partial charge in [-0.3, -0.25) is 4.79 Å². The van der Waals surface area contributed by atoms with E-state index in [-0.39, 0.29) is 5.97 Å². The van der Waals surface area contributed by atoms with Crippen molar-refractivity contribution in [3.8, 4) is 0 Å². The quantitative estimate of drug-likeness (QED) is 0.586. The summed E-state index contributed by atoms with van der Waals surface area (Å²) in [5, 5.41) is 0. The van der Waals surface area contributed by atoms with Crippen LogP contribution in [-0.4, -0.2) is 12.6 Å². The molecule has 11 heavy (non-hydrogen) atoms. The van der Waals surface area contributed by atoms with Gasteiger partial charge in [-0.2, -0.15) is 0 Å². The standard InChI is InChI=1S/C7H10Br2O2/c1-6(10)11-5-3-2-4-7(8)9/h4H,2-3,5H2,1H3. The van der Waals surface area contributed by atoms with E-state index in [4.69, 9.17) is 4.74 Å². The minimum absolute atomic E-state index is 0.216. The molecule has 0 aliphatic carbocycles. The Balaban J connectivity index is 3.15. The fourth-order valence-electron chi connectivity index (χ4n) is 0.510. The number of halogens is 2. The second-order valence-electron chi connectivity index (χ2n) is 1.98. The predicted molar refractivity (Wildman–Crippen MR) is 51.8 cm³/mol. The smallest absolute Gasteiger partial charge is 0.302 e. The molecule has 0 fully saturated rings. The molecule has 0 aromatic rings. The average Bonchev–Trinajstić information content (AvgIpc) is 1.85. The van der Waals surface area contributed by atoms with Crippen molar-refractivity contribution in [2.75, 3.05) is 6.61 Å². The summed E-state index contributed by atoms with van der Waals surface area (Å²) in [6.07, 6.45) is 3.74. The Morgan fingerprint density at radius 2 is 2.18 bits per heavy atom. The molecular weight excluding hydrogens is 276 g/mol. The first-order chi connectivity index (χ1) is 5.13. The molecule has 0 radical (unpaired) electrons. The molecule has 0 aliphatic rings. The number of esters is 1. The molecule has 2 nitrogen and oxygen atoms in total. The minimum atomic E-state index is -0.216. The molecule has 0 saturated carbocycles. The molecule has 0 atom stereocenters. The molecule has 0 N–H and O–H groups in total. The number of unbranched alkanes of at least 4 members (excludes halogenated alkanes) is 1. The van der Waals surface area contributed by atoms with Gasteiger partial charge in [0, 0.05) is 6.92 Å². The van der Waals surface area contributed by atoms with Gasteiger partial charge in [0.15, 0.2) is 0 Å². The highest BCUT2D eigenvalue weighted by atomic mass is 79.9. The van der Waals surface area contributed by atoms with E-state index < -0.39 is 0 Å². The van der Waals surface area contributed by atoms with Crippen LogP contribution in [0.4, 0.5) is 0 Å². The van der Waals surface area contributed by atoms with Gasteiger partial charge >= 0.3 is 5.97 Å². The van der Waals surface area contributed by atoms with Gasteiger partial charge in [0.2, 0.25) is 0 Å². The summed E-state index contributed by atoms with van der Waals surface area (Å²) in [6.45, 7) is 1.91. The van der Waals surface area contributed by atoms with Crippen LogP contribution in [0.5, 0.6) is 0 Å². The summed E-state index contributed by atoms with van der Waals surface area (Å²) in [5.74, 6) is -0.216. The summed E-state index contributed by atoms with van der Waals surface area (Å²) in [5.41, 5.74) is 0. The second kappa shape index (κ2) is 6.85. The third-order valence-electron chi connectivity index (χ3n) is 0.952. The Hall–Kier alpha value is 0.170. The summed E-state index contributed by atoms with van der Waals surface area (Å²) >= 11 is 6.45. The monoisotopic (exact) mass is 284 g/mol. The van der Waals surface area contributed by atoms with E-state index in [2.05, 4.69) is 31.9 Å². The normalized spacial score (nSPS) is 9.00. The van der Waals surface area contributed by atoms with Crippen LogP contribution in [0.1, 0.15) is 19.8 Å². The molecule has 0 amide bonds. The van der Waals surface area contributed by atoms with Crippen molar-refractivity contribution in [3.63, 3.8) is 0 Å². The maximum Gasteiger partial charge on any atom is 0.302 e. The number of carbonyl (C=O) groups excluding carboxylic acids is 1. The van der Waals surface area contributed by atoms with Crippen LogP contribution in [0.3, 0.4) is 0 Å². The Labute approximate surface area is 83.2 Å². The fourth-order valence-corrected chi connectivity index (χ4v) is 0.968. The first-order valence-electron chi connectivity index (χ1n) is 3.27. The van der Waals surface area contributed by atoms with Crippen molar-refractivity contribution >= 4 is 37.8 Å². The van der Waals surface area contributed by atoms with Crippen LogP contribution in [0.25, 0.3) is 0 Å². The van der Waals surface area contributed by atoms with E-state index in [9.17, 15) is 4.79 Å². The fraction of sp³-hybridized carbons (Fsp3) is 0.571. The lowest BCUT2D eigenvalue weighted by Crippen LogP contribution is -1.99. The van der Waals surface area contributed by atoms with E-state index in [0.717, 1.165) is 16.2 Å². The lowest BCUT2D eigenvalue weighted by molar-refractivity contribution is -0.141. The Morgan fingerprint density at radius 3 is 2.64 bits per heavy atom. The van der Waals surface area contributed by atoms with Crippen LogP contribution >= 0.6 is 31.9 Å². The summed E-state index contributed by atoms with van der Waals surface area (Å²) in [6, 6.07) is 0. The molecule has 0 aromatic carbocycles. The number of hydrogen-bond acceptors (Lipinski definition) is 2. The lowest BCUT2D eigenvalue weighted by atomic mass is 10.3. The van der Waals surface area contributed by atoms with Gasteiger partial charge in [0.05, 0.1) is 10.00 Å². The molecule has 4 heteroatoms. The van der Waals surface area contributed by atoms with Crippen LogP contribution in [0.2, 0.25) is 0 Å². The number of ether oxygens (including phenoxy) is 1. The van der Waals surface area contributed by atoms with Gasteiger partial charge in [-0.05, 0) is 44.7 Å². The topological polar surface area (TPSA) is 26.3 Å². The Morgan fingerprint density at radius 1 is 1.55 bits per heavy atom. The average molecular weight is 286 g/mol. The van der Waals surface area contributed by atoms with Gasteiger partial charge in [0.25, 0.3) is 0 Å². The number of hydrogen-bond donors (Lipinski definition) is 0. The van der Waals surface area contributed by atoms with E-state index in [1.807, 2.05) is 6.08 Å². The van der Waals surface area contributed by atoms with E-state index in [1.54, 1.807) is 0 Å². The summed E-state index contributed by atoms with van der Waals surface area (Å²) in [4.78, 5) is 10.3. The van der Waals surface area contributed by atoms with Crippen molar-refractivity contribution in [2.45, 2.75) is 19.8 Å². The maximum absolute atomic E-state index is 10.3. The third kappa shape index (κ3) is 10.2. The highest BCUT2D eigenvalue weighted by molar-refractivity contribution is 9.28. The number of carbonyl (C=O) groups is 1. The molecule has 0 rings (SSSR count). The van der Waals surface area contributed by atoms with Gasteiger partial charge in [-0.15, -0.1) is 0 Å². The lowest BCUT2D eigenvalue weighted by Gasteiger charge is -1.97. The zero-order valence-corrected chi connectivity index (χ0v) is 9.44. The van der Waals surface area contributed by atoms with E-state index >= 15 is 0 Å². The van der Waals surface area contributed by atoms with Crippen LogP contribution < -0.4 is 0 Å².